The van der Waals surface area contributed by atoms with Gasteiger partial charge in [-0.25, -0.2) is 4.39 Å². The van der Waals surface area contributed by atoms with Crippen LogP contribution in [0.15, 0.2) is 33.6 Å². The highest BCUT2D eigenvalue weighted by Gasteiger charge is 2.42. The third-order valence-electron chi connectivity index (χ3n) is 7.39. The molecule has 33 heavy (non-hydrogen) atoms. The molecule has 1 saturated carbocycles. The van der Waals surface area contributed by atoms with Gasteiger partial charge in [-0.1, -0.05) is 25.3 Å². The van der Waals surface area contributed by atoms with Crippen molar-refractivity contribution >= 4 is 5.71 Å². The third kappa shape index (κ3) is 3.97. The van der Waals surface area contributed by atoms with Crippen LogP contribution >= 0.6 is 0 Å². The number of aromatic nitrogens is 1. The second-order valence-corrected chi connectivity index (χ2v) is 9.40. The third-order valence-corrected chi connectivity index (χ3v) is 7.39. The monoisotopic (exact) mass is 450 g/mol. The molecule has 0 N–H and O–H groups in total. The molecule has 174 valence electrons. The van der Waals surface area contributed by atoms with E-state index in [0.717, 1.165) is 79.5 Å². The van der Waals surface area contributed by atoms with E-state index in [2.05, 4.69) is 15.4 Å². The number of rotatable bonds is 6. The maximum atomic E-state index is 14.4. The Bertz CT molecular complexity index is 1110. The number of pyridine rings is 1. The Labute approximate surface area is 194 Å². The first-order chi connectivity index (χ1) is 16.2. The average molecular weight is 451 g/mol. The molecule has 1 fully saturated rings. The summed E-state index contributed by atoms with van der Waals surface area (Å²) in [7, 11) is 3.28. The summed E-state index contributed by atoms with van der Waals surface area (Å²) >= 11 is 0. The van der Waals surface area contributed by atoms with Crippen LogP contribution < -0.4 is 4.74 Å². The molecule has 0 unspecified atom stereocenters. The zero-order chi connectivity index (χ0) is 22.8. The second-order valence-electron chi connectivity index (χ2n) is 9.40. The smallest absolute Gasteiger partial charge is 0.165 e. The summed E-state index contributed by atoms with van der Waals surface area (Å²) in [4.78, 5) is 5.39. The number of hydrogen-bond acceptors (Lipinski definition) is 6. The highest BCUT2D eigenvalue weighted by Crippen LogP contribution is 2.46. The summed E-state index contributed by atoms with van der Waals surface area (Å²) in [5, 5.41) is 12.6. The van der Waals surface area contributed by atoms with E-state index < -0.39 is 0 Å². The number of ether oxygens (including phenoxy) is 2. The van der Waals surface area contributed by atoms with Crippen LogP contribution in [0.5, 0.6) is 5.75 Å². The Balaban J connectivity index is 1.84. The molecule has 2 heterocycles. The molecule has 0 radical (unpaired) electrons. The number of aryl methyl sites for hydroxylation is 1. The molecule has 7 heteroatoms. The number of benzene rings is 1. The molecular formula is C26H31FN4O2. The fraction of sp³-hybridized carbons (Fsp3) is 0.538. The largest absolute Gasteiger partial charge is 0.494 e. The minimum atomic E-state index is -0.363. The zero-order valence-corrected chi connectivity index (χ0v) is 19.5. The van der Waals surface area contributed by atoms with Crippen molar-refractivity contribution in [2.24, 2.45) is 15.4 Å². The van der Waals surface area contributed by atoms with Crippen molar-refractivity contribution in [1.29, 1.82) is 0 Å². The molecule has 0 amide bonds. The van der Waals surface area contributed by atoms with Gasteiger partial charge in [0.25, 0.3) is 0 Å². The Morgan fingerprint density at radius 1 is 1.00 bits per heavy atom. The summed E-state index contributed by atoms with van der Waals surface area (Å²) in [6, 6.07) is 5.16. The standard InChI is InChI=1S/C26H31FN4O2/c1-32-16-26(12-6-7-13-26)25-24(21-15-28-31-30-21)23(17-10-11-19(27)22(14-17)33-2)18-8-4-3-5-9-20(18)29-25/h10-11,14H,3-9,12-13,15-16H2,1-2H3. The molecule has 6 nitrogen and oxygen atoms in total. The lowest BCUT2D eigenvalue weighted by Gasteiger charge is -2.32. The maximum absolute atomic E-state index is 14.4. The van der Waals surface area contributed by atoms with E-state index in [4.69, 9.17) is 14.5 Å². The average Bonchev–Trinajstić information content (AvgIpc) is 3.47. The SMILES string of the molecule is COCC1(c2nc3c(c(-c4ccc(F)c(OC)c4)c2C2=NN=NC2)CCCCC3)CCCC1. The highest BCUT2D eigenvalue weighted by atomic mass is 19.1. The van der Waals surface area contributed by atoms with Crippen LogP contribution in [0, 0.1) is 5.82 Å². The van der Waals surface area contributed by atoms with Gasteiger partial charge in [0.2, 0.25) is 0 Å². The highest BCUT2D eigenvalue weighted by molar-refractivity contribution is 6.09. The molecule has 5 rings (SSSR count). The van der Waals surface area contributed by atoms with Gasteiger partial charge in [-0.05, 0) is 72.6 Å². The molecule has 1 aliphatic heterocycles. The number of halogens is 1. The fourth-order valence-electron chi connectivity index (χ4n) is 5.84. The Hall–Kier alpha value is -2.67. The maximum Gasteiger partial charge on any atom is 0.165 e. The van der Waals surface area contributed by atoms with Gasteiger partial charge in [0.05, 0.1) is 25.1 Å². The van der Waals surface area contributed by atoms with Gasteiger partial charge in [-0.15, -0.1) is 5.10 Å². The van der Waals surface area contributed by atoms with Crippen LogP contribution in [0.3, 0.4) is 0 Å². The van der Waals surface area contributed by atoms with Crippen molar-refractivity contribution in [2.75, 3.05) is 27.4 Å². The minimum Gasteiger partial charge on any atom is -0.494 e. The van der Waals surface area contributed by atoms with Gasteiger partial charge >= 0.3 is 0 Å². The summed E-state index contributed by atoms with van der Waals surface area (Å²) in [6.07, 6.45) is 9.71. The predicted octanol–water partition coefficient (Wildman–Crippen LogP) is 5.79. The Kier molecular flexibility index (Phi) is 6.23. The van der Waals surface area contributed by atoms with Crippen LogP contribution in [0.25, 0.3) is 11.1 Å². The van der Waals surface area contributed by atoms with E-state index in [0.29, 0.717) is 13.2 Å². The second kappa shape index (κ2) is 9.29. The molecule has 1 aromatic heterocycles. The van der Waals surface area contributed by atoms with Gasteiger partial charge in [0.15, 0.2) is 11.6 Å². The van der Waals surface area contributed by atoms with Crippen LogP contribution in [-0.4, -0.2) is 38.1 Å². The Morgan fingerprint density at radius 3 is 2.55 bits per heavy atom. The lowest BCUT2D eigenvalue weighted by molar-refractivity contribution is 0.129. The summed E-state index contributed by atoms with van der Waals surface area (Å²) in [6.45, 7) is 1.06. The van der Waals surface area contributed by atoms with E-state index in [1.807, 2.05) is 12.1 Å². The van der Waals surface area contributed by atoms with E-state index in [1.54, 1.807) is 7.11 Å². The first-order valence-electron chi connectivity index (χ1n) is 12.0. The van der Waals surface area contributed by atoms with Gasteiger partial charge in [0.1, 0.15) is 6.54 Å². The van der Waals surface area contributed by atoms with Crippen LogP contribution in [0.4, 0.5) is 4.39 Å². The minimum absolute atomic E-state index is 0.157. The first-order valence-corrected chi connectivity index (χ1v) is 12.0. The van der Waals surface area contributed by atoms with Gasteiger partial charge in [0, 0.05) is 23.8 Å². The van der Waals surface area contributed by atoms with Crippen molar-refractivity contribution in [3.05, 3.63) is 46.5 Å². The van der Waals surface area contributed by atoms with Crippen LogP contribution in [0.1, 0.15) is 67.5 Å². The quantitative estimate of drug-likeness (QED) is 0.523. The molecule has 1 aromatic carbocycles. The first kappa shape index (κ1) is 22.1. The fourth-order valence-corrected chi connectivity index (χ4v) is 5.84. The summed E-state index contributed by atoms with van der Waals surface area (Å²) in [5.74, 6) is -0.118. The number of hydrogen-bond donors (Lipinski definition) is 0. The van der Waals surface area contributed by atoms with Crippen LogP contribution in [-0.2, 0) is 23.0 Å². The van der Waals surface area contributed by atoms with Crippen molar-refractivity contribution in [1.82, 2.24) is 4.98 Å². The molecule has 3 aliphatic rings. The van der Waals surface area contributed by atoms with Crippen molar-refractivity contribution < 1.29 is 13.9 Å². The van der Waals surface area contributed by atoms with E-state index in [9.17, 15) is 4.39 Å². The lowest BCUT2D eigenvalue weighted by Crippen LogP contribution is -2.33. The number of methoxy groups -OCH3 is 2. The molecule has 0 bridgehead atoms. The molecular weight excluding hydrogens is 419 g/mol. The van der Waals surface area contributed by atoms with Gasteiger partial charge < -0.3 is 9.47 Å². The molecule has 0 saturated heterocycles. The molecule has 0 atom stereocenters. The van der Waals surface area contributed by atoms with Crippen molar-refractivity contribution in [3.63, 3.8) is 0 Å². The molecule has 2 aromatic rings. The Morgan fingerprint density at radius 2 is 1.82 bits per heavy atom. The van der Waals surface area contributed by atoms with E-state index >= 15 is 0 Å². The summed E-state index contributed by atoms with van der Waals surface area (Å²) in [5.41, 5.74) is 7.22. The van der Waals surface area contributed by atoms with Crippen molar-refractivity contribution in [3.8, 4) is 16.9 Å². The predicted molar refractivity (Wildman–Crippen MR) is 126 cm³/mol. The van der Waals surface area contributed by atoms with Crippen LogP contribution in [0.2, 0.25) is 0 Å². The molecule has 0 spiro atoms. The topological polar surface area (TPSA) is 68.4 Å². The number of nitrogens with zero attached hydrogens (tertiary/aromatic N) is 4. The van der Waals surface area contributed by atoms with Gasteiger partial charge in [-0.3, -0.25) is 4.98 Å². The van der Waals surface area contributed by atoms with E-state index in [-0.39, 0.29) is 17.0 Å². The van der Waals surface area contributed by atoms with E-state index in [1.165, 1.54) is 30.9 Å². The molecule has 2 aliphatic carbocycles. The van der Waals surface area contributed by atoms with Crippen molar-refractivity contribution in [2.45, 2.75) is 63.2 Å². The lowest BCUT2D eigenvalue weighted by atomic mass is 9.76. The van der Waals surface area contributed by atoms with Gasteiger partial charge in [-0.2, -0.15) is 5.11 Å². The normalized spacial score (nSPS) is 19.3. The zero-order valence-electron chi connectivity index (χ0n) is 19.5. The number of fused-ring (bicyclic) bond motifs is 1. The summed E-state index contributed by atoms with van der Waals surface area (Å²) < 4.78 is 25.5.